The van der Waals surface area contributed by atoms with Crippen LogP contribution in [0.1, 0.15) is 16.5 Å². The van der Waals surface area contributed by atoms with Crippen molar-refractivity contribution < 1.29 is 15.0 Å². The molecule has 0 fully saturated rings. The van der Waals surface area contributed by atoms with Crippen molar-refractivity contribution in [1.29, 1.82) is 0 Å². The number of carboxylic acids is 1. The average molecular weight is 301 g/mol. The quantitative estimate of drug-likeness (QED) is 0.896. The Hall–Kier alpha value is -0.910. The van der Waals surface area contributed by atoms with Gasteiger partial charge in [-0.1, -0.05) is 12.1 Å². The normalized spacial score (nSPS) is 12.9. The lowest BCUT2D eigenvalue weighted by molar-refractivity contribution is -0.146. The van der Waals surface area contributed by atoms with Gasteiger partial charge in [0.2, 0.25) is 0 Å². The fraction of sp³-hybridized carbons (Fsp3) is 0.182. The van der Waals surface area contributed by atoms with Gasteiger partial charge in [-0.25, -0.2) is 4.79 Å². The predicted octanol–water partition coefficient (Wildman–Crippen LogP) is 3.09. The lowest BCUT2D eigenvalue weighted by Crippen LogP contribution is -2.10. The Balaban J connectivity index is 2.74. The average Bonchev–Trinajstić information content (AvgIpc) is 2.55. The SMILES string of the molecule is Cc1sc2c(Br)cccc2c1C(O)C(=O)O. The molecule has 2 N–H and O–H groups in total. The molecular formula is C11H9BrO3S. The Bertz CT molecular complexity index is 562. The molecule has 1 aromatic carbocycles. The van der Waals surface area contributed by atoms with Crippen LogP contribution in [0.5, 0.6) is 0 Å². The molecule has 0 spiro atoms. The molecule has 1 atom stereocenters. The Kier molecular flexibility index (Phi) is 3.01. The van der Waals surface area contributed by atoms with Gasteiger partial charge in [-0.2, -0.15) is 0 Å². The maximum atomic E-state index is 10.8. The molecule has 0 radical (unpaired) electrons. The number of aliphatic hydroxyl groups is 1. The van der Waals surface area contributed by atoms with Crippen LogP contribution in [-0.2, 0) is 4.79 Å². The summed E-state index contributed by atoms with van der Waals surface area (Å²) in [6, 6.07) is 5.55. The number of hydrogen-bond acceptors (Lipinski definition) is 3. The largest absolute Gasteiger partial charge is 0.479 e. The van der Waals surface area contributed by atoms with Gasteiger partial charge in [-0.05, 0) is 28.9 Å². The van der Waals surface area contributed by atoms with E-state index < -0.39 is 12.1 Å². The topological polar surface area (TPSA) is 57.5 Å². The first-order chi connectivity index (χ1) is 7.52. The second-order valence-corrected chi connectivity index (χ2v) is 5.51. The summed E-state index contributed by atoms with van der Waals surface area (Å²) < 4.78 is 1.89. The van der Waals surface area contributed by atoms with Crippen LogP contribution in [0.4, 0.5) is 0 Å². The predicted molar refractivity (Wildman–Crippen MR) is 66.9 cm³/mol. The minimum absolute atomic E-state index is 0.494. The second-order valence-electron chi connectivity index (χ2n) is 3.43. The molecule has 0 amide bonds. The summed E-state index contributed by atoms with van der Waals surface area (Å²) in [5, 5.41) is 19.3. The van der Waals surface area contributed by atoms with Crippen LogP contribution in [0.2, 0.25) is 0 Å². The molecule has 84 valence electrons. The molecule has 1 heterocycles. The molecular weight excluding hydrogens is 292 g/mol. The van der Waals surface area contributed by atoms with Crippen molar-refractivity contribution in [3.05, 3.63) is 33.1 Å². The highest BCUT2D eigenvalue weighted by Gasteiger charge is 2.23. The first-order valence-electron chi connectivity index (χ1n) is 4.60. The molecule has 3 nitrogen and oxygen atoms in total. The number of aryl methyl sites for hydroxylation is 1. The zero-order valence-corrected chi connectivity index (χ0v) is 10.8. The summed E-state index contributed by atoms with van der Waals surface area (Å²) in [4.78, 5) is 11.7. The number of rotatable bonds is 2. The fourth-order valence-corrected chi connectivity index (χ4v) is 3.39. The van der Waals surface area contributed by atoms with Crippen molar-refractivity contribution in [1.82, 2.24) is 0 Å². The molecule has 0 saturated carbocycles. The summed E-state index contributed by atoms with van der Waals surface area (Å²) in [5.41, 5.74) is 0.494. The number of halogens is 1. The van der Waals surface area contributed by atoms with E-state index in [4.69, 9.17) is 5.11 Å². The number of aliphatic carboxylic acids is 1. The summed E-state index contributed by atoms with van der Waals surface area (Å²) in [5.74, 6) is -1.22. The van der Waals surface area contributed by atoms with Gasteiger partial charge in [0, 0.05) is 25.0 Å². The minimum atomic E-state index is -1.46. The van der Waals surface area contributed by atoms with Gasteiger partial charge in [-0.15, -0.1) is 11.3 Å². The van der Waals surface area contributed by atoms with Crippen molar-refractivity contribution >= 4 is 43.3 Å². The highest BCUT2D eigenvalue weighted by Crippen LogP contribution is 2.38. The number of benzene rings is 1. The molecule has 0 aliphatic carbocycles. The molecule has 0 aliphatic heterocycles. The summed E-state index contributed by atoms with van der Waals surface area (Å²) in [6.45, 7) is 1.82. The molecule has 16 heavy (non-hydrogen) atoms. The Morgan fingerprint density at radius 3 is 2.81 bits per heavy atom. The number of carboxylic acid groups (broad SMARTS) is 1. The molecule has 0 aliphatic rings. The van der Waals surface area contributed by atoms with E-state index in [1.54, 1.807) is 0 Å². The van der Waals surface area contributed by atoms with Crippen molar-refractivity contribution in [2.24, 2.45) is 0 Å². The van der Waals surface area contributed by atoms with E-state index in [2.05, 4.69) is 15.9 Å². The Morgan fingerprint density at radius 2 is 2.19 bits per heavy atom. The van der Waals surface area contributed by atoms with Gasteiger partial charge in [0.1, 0.15) is 0 Å². The lowest BCUT2D eigenvalue weighted by Gasteiger charge is -2.05. The number of carbonyl (C=O) groups is 1. The highest BCUT2D eigenvalue weighted by atomic mass is 79.9. The van der Waals surface area contributed by atoms with Crippen LogP contribution in [0.3, 0.4) is 0 Å². The fourth-order valence-electron chi connectivity index (χ4n) is 1.69. The van der Waals surface area contributed by atoms with Gasteiger partial charge >= 0.3 is 5.97 Å². The first-order valence-corrected chi connectivity index (χ1v) is 6.21. The number of thiophene rings is 1. The smallest absolute Gasteiger partial charge is 0.337 e. The molecule has 1 aromatic heterocycles. The second kappa shape index (κ2) is 4.16. The van der Waals surface area contributed by atoms with E-state index in [0.29, 0.717) is 5.56 Å². The molecule has 2 rings (SSSR count). The summed E-state index contributed by atoms with van der Waals surface area (Å²) in [6.07, 6.45) is -1.46. The van der Waals surface area contributed by atoms with E-state index in [1.807, 2.05) is 25.1 Å². The van der Waals surface area contributed by atoms with E-state index in [9.17, 15) is 9.90 Å². The van der Waals surface area contributed by atoms with Crippen LogP contribution in [-0.4, -0.2) is 16.2 Å². The van der Waals surface area contributed by atoms with Gasteiger partial charge in [-0.3, -0.25) is 0 Å². The maximum Gasteiger partial charge on any atom is 0.337 e. The highest BCUT2D eigenvalue weighted by molar-refractivity contribution is 9.10. The number of aliphatic hydroxyl groups excluding tert-OH is 1. The third-order valence-corrected chi connectivity index (χ3v) is 4.49. The third kappa shape index (κ3) is 1.75. The Morgan fingerprint density at radius 1 is 1.50 bits per heavy atom. The standard InChI is InChI=1S/C11H9BrO3S/c1-5-8(9(13)11(14)15)6-3-2-4-7(12)10(6)16-5/h2-4,9,13H,1H3,(H,14,15). The van der Waals surface area contributed by atoms with Crippen LogP contribution < -0.4 is 0 Å². The van der Waals surface area contributed by atoms with Crippen molar-refractivity contribution in [2.75, 3.05) is 0 Å². The van der Waals surface area contributed by atoms with Crippen LogP contribution in [0, 0.1) is 6.92 Å². The van der Waals surface area contributed by atoms with E-state index in [0.717, 1.165) is 19.4 Å². The molecule has 1 unspecified atom stereocenters. The van der Waals surface area contributed by atoms with E-state index >= 15 is 0 Å². The minimum Gasteiger partial charge on any atom is -0.479 e. The van der Waals surface area contributed by atoms with Crippen molar-refractivity contribution in [3.63, 3.8) is 0 Å². The van der Waals surface area contributed by atoms with Gasteiger partial charge in [0.05, 0.1) is 0 Å². The van der Waals surface area contributed by atoms with Crippen LogP contribution in [0.25, 0.3) is 10.1 Å². The molecule has 5 heteroatoms. The zero-order chi connectivity index (χ0) is 11.9. The monoisotopic (exact) mass is 300 g/mol. The maximum absolute atomic E-state index is 10.8. The van der Waals surface area contributed by atoms with E-state index in [-0.39, 0.29) is 0 Å². The number of hydrogen-bond donors (Lipinski definition) is 2. The molecule has 0 saturated heterocycles. The van der Waals surface area contributed by atoms with Crippen LogP contribution >= 0.6 is 27.3 Å². The zero-order valence-electron chi connectivity index (χ0n) is 8.40. The molecule has 2 aromatic rings. The van der Waals surface area contributed by atoms with Gasteiger partial charge < -0.3 is 10.2 Å². The number of fused-ring (bicyclic) bond motifs is 1. The summed E-state index contributed by atoms with van der Waals surface area (Å²) >= 11 is 4.89. The Labute approximate surface area is 104 Å². The van der Waals surface area contributed by atoms with Crippen molar-refractivity contribution in [2.45, 2.75) is 13.0 Å². The third-order valence-electron chi connectivity index (χ3n) is 2.40. The first kappa shape index (κ1) is 11.6. The van der Waals surface area contributed by atoms with Gasteiger partial charge in [0.15, 0.2) is 6.10 Å². The van der Waals surface area contributed by atoms with E-state index in [1.165, 1.54) is 11.3 Å². The molecule has 0 bridgehead atoms. The van der Waals surface area contributed by atoms with Gasteiger partial charge in [0.25, 0.3) is 0 Å². The summed E-state index contributed by atoms with van der Waals surface area (Å²) in [7, 11) is 0. The lowest BCUT2D eigenvalue weighted by atomic mass is 10.1. The van der Waals surface area contributed by atoms with Crippen molar-refractivity contribution in [3.8, 4) is 0 Å². The van der Waals surface area contributed by atoms with Crippen LogP contribution in [0.15, 0.2) is 22.7 Å².